The van der Waals surface area contributed by atoms with Gasteiger partial charge in [0, 0.05) is 20.3 Å². The van der Waals surface area contributed by atoms with Crippen LogP contribution in [0.2, 0.25) is 0 Å². The van der Waals surface area contributed by atoms with E-state index in [-0.39, 0.29) is 11.5 Å². The molecule has 1 radical (unpaired) electrons. The number of thiocarbonyl (C=S) groups is 1. The molecule has 0 amide bonds. The second kappa shape index (κ2) is 7.41. The molecule has 1 aliphatic heterocycles. The van der Waals surface area contributed by atoms with Crippen molar-refractivity contribution in [2.45, 2.75) is 0 Å². The van der Waals surface area contributed by atoms with Gasteiger partial charge in [-0.1, -0.05) is 6.07 Å². The Bertz CT molecular complexity index is 670. The van der Waals surface area contributed by atoms with Gasteiger partial charge in [0.25, 0.3) is 0 Å². The van der Waals surface area contributed by atoms with Gasteiger partial charge in [-0.15, -0.1) is 10.5 Å². The Hall–Kier alpha value is -2.87. The Morgan fingerprint density at radius 1 is 0.913 bits per heavy atom. The van der Waals surface area contributed by atoms with Gasteiger partial charge in [-0.3, -0.25) is 4.98 Å². The van der Waals surface area contributed by atoms with Gasteiger partial charge in [-0.2, -0.15) is 0 Å². The summed E-state index contributed by atoms with van der Waals surface area (Å²) in [4.78, 5) is 4.18. The summed E-state index contributed by atoms with van der Waals surface area (Å²) < 4.78 is 0. The SMILES string of the molecule is CN1[N]C(c2ccccn2)=NN(C)C1=S.Oc1ccc(O)cc1. The highest BCUT2D eigenvalue weighted by atomic mass is 32.1. The zero-order chi connectivity index (χ0) is 16.8. The van der Waals surface area contributed by atoms with Gasteiger partial charge < -0.3 is 10.2 Å². The van der Waals surface area contributed by atoms with E-state index in [1.54, 1.807) is 30.3 Å². The Labute approximate surface area is 139 Å². The van der Waals surface area contributed by atoms with Gasteiger partial charge in [0.15, 0.2) is 0 Å². The van der Waals surface area contributed by atoms with Crippen LogP contribution in [0.4, 0.5) is 0 Å². The normalized spacial score (nSPS) is 13.7. The number of rotatable bonds is 1. The summed E-state index contributed by atoms with van der Waals surface area (Å²) in [5.41, 5.74) is 4.96. The topological polar surface area (TPSA) is 86.3 Å². The van der Waals surface area contributed by atoms with Crippen molar-refractivity contribution in [1.82, 2.24) is 20.4 Å². The minimum absolute atomic E-state index is 0.169. The van der Waals surface area contributed by atoms with Crippen LogP contribution in [0.3, 0.4) is 0 Å². The molecule has 2 N–H and O–H groups in total. The fraction of sp³-hybridized carbons (Fsp3) is 0.133. The maximum atomic E-state index is 8.65. The summed E-state index contributed by atoms with van der Waals surface area (Å²) in [6.07, 6.45) is 1.71. The van der Waals surface area contributed by atoms with Crippen molar-refractivity contribution >= 4 is 23.2 Å². The van der Waals surface area contributed by atoms with Crippen molar-refractivity contribution in [3.05, 3.63) is 54.4 Å². The summed E-state index contributed by atoms with van der Waals surface area (Å²) in [6.45, 7) is 0. The van der Waals surface area contributed by atoms with Crippen molar-refractivity contribution in [3.8, 4) is 11.5 Å². The van der Waals surface area contributed by atoms with E-state index in [9.17, 15) is 0 Å². The van der Waals surface area contributed by atoms with E-state index in [4.69, 9.17) is 22.4 Å². The summed E-state index contributed by atoms with van der Waals surface area (Å²) in [5.74, 6) is 0.903. The molecule has 3 rings (SSSR count). The molecule has 0 bridgehead atoms. The van der Waals surface area contributed by atoms with Gasteiger partial charge in [0.2, 0.25) is 10.9 Å². The second-order valence-corrected chi connectivity index (χ2v) is 4.95. The largest absolute Gasteiger partial charge is 0.508 e. The van der Waals surface area contributed by atoms with Crippen molar-refractivity contribution < 1.29 is 10.2 Å². The minimum atomic E-state index is 0.169. The zero-order valence-electron chi connectivity index (χ0n) is 12.7. The Morgan fingerprint density at radius 2 is 1.52 bits per heavy atom. The Morgan fingerprint density at radius 3 is 2.00 bits per heavy atom. The molecule has 0 fully saturated rings. The fourth-order valence-electron chi connectivity index (χ4n) is 1.65. The number of phenolic OH excluding ortho intramolecular Hbond substituents is 2. The van der Waals surface area contributed by atoms with Crippen molar-refractivity contribution in [3.63, 3.8) is 0 Å². The van der Waals surface area contributed by atoms with Gasteiger partial charge in [0.1, 0.15) is 17.2 Å². The van der Waals surface area contributed by atoms with Gasteiger partial charge in [-0.25, -0.2) is 10.0 Å². The van der Waals surface area contributed by atoms with Crippen LogP contribution < -0.4 is 5.43 Å². The number of nitrogens with zero attached hydrogens (tertiary/aromatic N) is 5. The lowest BCUT2D eigenvalue weighted by molar-refractivity contribution is 0.345. The second-order valence-electron chi connectivity index (χ2n) is 4.58. The average Bonchev–Trinajstić information content (AvgIpc) is 2.56. The number of hydrazone groups is 1. The molecule has 2 heterocycles. The maximum Gasteiger partial charge on any atom is 0.217 e. The van der Waals surface area contributed by atoms with Crippen molar-refractivity contribution in [1.29, 1.82) is 0 Å². The number of phenols is 2. The van der Waals surface area contributed by atoms with Crippen LogP contribution in [0.1, 0.15) is 5.69 Å². The first-order valence-electron chi connectivity index (χ1n) is 6.68. The summed E-state index contributed by atoms with van der Waals surface area (Å²) >= 11 is 5.08. The van der Waals surface area contributed by atoms with Crippen LogP contribution in [0.5, 0.6) is 11.5 Å². The van der Waals surface area contributed by atoms with E-state index < -0.39 is 0 Å². The van der Waals surface area contributed by atoms with Gasteiger partial charge in [-0.05, 0) is 48.6 Å². The average molecular weight is 330 g/mol. The molecular formula is C15H16N5O2S. The molecule has 0 atom stereocenters. The molecular weight excluding hydrogens is 314 g/mol. The van der Waals surface area contributed by atoms with E-state index in [1.165, 1.54) is 24.3 Å². The third-order valence-corrected chi connectivity index (χ3v) is 3.32. The van der Waals surface area contributed by atoms with E-state index in [2.05, 4.69) is 15.5 Å². The highest BCUT2D eigenvalue weighted by molar-refractivity contribution is 7.80. The van der Waals surface area contributed by atoms with Crippen LogP contribution in [-0.4, -0.2) is 50.3 Å². The molecule has 7 nitrogen and oxygen atoms in total. The first kappa shape index (κ1) is 16.5. The number of aromatic hydroxyl groups is 2. The standard InChI is InChI=1S/C9H10N5S.C6H6O2/c1-13-9(15)14(2)12-8(11-13)7-5-3-4-6-10-7;7-5-1-2-6(8)4-3-5/h3-6H,1-2H3;1-4,7-8H. The summed E-state index contributed by atoms with van der Waals surface area (Å²) in [6, 6.07) is 11.3. The van der Waals surface area contributed by atoms with E-state index in [0.717, 1.165) is 5.69 Å². The number of pyridine rings is 1. The number of benzene rings is 1. The molecule has 0 aliphatic carbocycles. The number of hydrogen-bond acceptors (Lipinski definition) is 5. The third kappa shape index (κ3) is 4.55. The van der Waals surface area contributed by atoms with Crippen LogP contribution in [0.15, 0.2) is 53.8 Å². The maximum absolute atomic E-state index is 8.65. The molecule has 8 heteroatoms. The lowest BCUT2D eigenvalue weighted by Crippen LogP contribution is -2.48. The quantitative estimate of drug-likeness (QED) is 0.609. The summed E-state index contributed by atoms with van der Waals surface area (Å²) in [5, 5.41) is 25.3. The van der Waals surface area contributed by atoms with Crippen molar-refractivity contribution in [2.24, 2.45) is 5.10 Å². The molecule has 2 aromatic rings. The number of amidine groups is 1. The first-order chi connectivity index (χ1) is 11.0. The van der Waals surface area contributed by atoms with Gasteiger partial charge >= 0.3 is 0 Å². The summed E-state index contributed by atoms with van der Waals surface area (Å²) in [7, 11) is 3.58. The smallest absolute Gasteiger partial charge is 0.217 e. The minimum Gasteiger partial charge on any atom is -0.508 e. The Kier molecular flexibility index (Phi) is 5.32. The number of aromatic nitrogens is 1. The molecule has 0 saturated heterocycles. The molecule has 1 aromatic heterocycles. The lowest BCUT2D eigenvalue weighted by Gasteiger charge is -2.28. The van der Waals surface area contributed by atoms with E-state index in [0.29, 0.717) is 10.9 Å². The monoisotopic (exact) mass is 330 g/mol. The van der Waals surface area contributed by atoms with Gasteiger partial charge in [0.05, 0.1) is 0 Å². The lowest BCUT2D eigenvalue weighted by atomic mass is 10.3. The molecule has 1 aliphatic rings. The predicted octanol–water partition coefficient (Wildman–Crippen LogP) is 1.52. The molecule has 23 heavy (non-hydrogen) atoms. The van der Waals surface area contributed by atoms with Crippen LogP contribution in [0.25, 0.3) is 0 Å². The molecule has 119 valence electrons. The molecule has 1 aromatic carbocycles. The highest BCUT2D eigenvalue weighted by Crippen LogP contribution is 2.13. The highest BCUT2D eigenvalue weighted by Gasteiger charge is 2.21. The van der Waals surface area contributed by atoms with E-state index in [1.807, 2.05) is 18.2 Å². The van der Waals surface area contributed by atoms with Crippen LogP contribution in [0, 0.1) is 0 Å². The number of hydrogen-bond donors (Lipinski definition) is 2. The zero-order valence-corrected chi connectivity index (χ0v) is 13.5. The predicted molar refractivity (Wildman–Crippen MR) is 90.8 cm³/mol. The fourth-order valence-corrected chi connectivity index (χ4v) is 1.73. The first-order valence-corrected chi connectivity index (χ1v) is 7.09. The Balaban J connectivity index is 0.000000203. The molecule has 0 saturated carbocycles. The van der Waals surface area contributed by atoms with E-state index >= 15 is 0 Å². The third-order valence-electron chi connectivity index (χ3n) is 2.79. The van der Waals surface area contributed by atoms with Crippen LogP contribution in [-0.2, 0) is 0 Å². The van der Waals surface area contributed by atoms with Crippen molar-refractivity contribution in [2.75, 3.05) is 14.1 Å². The van der Waals surface area contributed by atoms with Crippen LogP contribution >= 0.6 is 12.2 Å². The molecule has 0 spiro atoms. The molecule has 0 unspecified atom stereocenters.